The highest BCUT2D eigenvalue weighted by atomic mass is 16.3. The SMILES string of the molecule is CCN(CC)Cc1ccc(CNC(=O)/C=C/c2ccco2)cc1. The molecule has 0 spiro atoms. The van der Waals surface area contributed by atoms with Crippen molar-refractivity contribution in [2.45, 2.75) is 26.9 Å². The summed E-state index contributed by atoms with van der Waals surface area (Å²) in [6.07, 6.45) is 4.72. The third-order valence-corrected chi connectivity index (χ3v) is 3.73. The molecule has 0 radical (unpaired) electrons. The molecule has 2 aromatic rings. The number of nitrogens with one attached hydrogen (secondary N) is 1. The molecule has 0 aliphatic heterocycles. The molecule has 0 unspecified atom stereocenters. The molecule has 0 saturated carbocycles. The molecule has 4 heteroatoms. The van der Waals surface area contributed by atoms with Crippen molar-refractivity contribution in [3.8, 4) is 0 Å². The molecule has 0 fully saturated rings. The molecule has 0 aliphatic rings. The van der Waals surface area contributed by atoms with Gasteiger partial charge in [-0.3, -0.25) is 9.69 Å². The predicted molar refractivity (Wildman–Crippen MR) is 92.7 cm³/mol. The van der Waals surface area contributed by atoms with Crippen molar-refractivity contribution >= 4 is 12.0 Å². The molecule has 0 bridgehead atoms. The van der Waals surface area contributed by atoms with Crippen LogP contribution in [0, 0.1) is 0 Å². The van der Waals surface area contributed by atoms with E-state index in [2.05, 4.69) is 48.3 Å². The Balaban J connectivity index is 1.80. The van der Waals surface area contributed by atoms with Gasteiger partial charge < -0.3 is 9.73 Å². The van der Waals surface area contributed by atoms with Crippen LogP contribution in [-0.2, 0) is 17.9 Å². The van der Waals surface area contributed by atoms with E-state index in [0.29, 0.717) is 12.3 Å². The summed E-state index contributed by atoms with van der Waals surface area (Å²) in [6.45, 7) is 7.93. The zero-order valence-electron chi connectivity index (χ0n) is 13.8. The van der Waals surface area contributed by atoms with Crippen LogP contribution >= 0.6 is 0 Å². The lowest BCUT2D eigenvalue weighted by Gasteiger charge is -2.18. The van der Waals surface area contributed by atoms with Gasteiger partial charge in [0.25, 0.3) is 0 Å². The quantitative estimate of drug-likeness (QED) is 0.759. The first-order valence-electron chi connectivity index (χ1n) is 8.00. The van der Waals surface area contributed by atoms with Crippen LogP contribution in [0.1, 0.15) is 30.7 Å². The Bertz CT molecular complexity index is 611. The fourth-order valence-corrected chi connectivity index (χ4v) is 2.26. The summed E-state index contributed by atoms with van der Waals surface area (Å²) in [5, 5.41) is 2.87. The summed E-state index contributed by atoms with van der Waals surface area (Å²) in [5.74, 6) is 0.537. The number of amides is 1. The number of rotatable bonds is 8. The van der Waals surface area contributed by atoms with Gasteiger partial charge in [-0.05, 0) is 42.4 Å². The van der Waals surface area contributed by atoms with E-state index in [1.807, 2.05) is 0 Å². The van der Waals surface area contributed by atoms with Gasteiger partial charge in [-0.1, -0.05) is 38.1 Å². The van der Waals surface area contributed by atoms with E-state index in [1.165, 1.54) is 11.6 Å². The molecule has 1 aromatic carbocycles. The zero-order valence-corrected chi connectivity index (χ0v) is 13.8. The third kappa shape index (κ3) is 5.75. The number of furan rings is 1. The Morgan fingerprint density at radius 2 is 1.83 bits per heavy atom. The third-order valence-electron chi connectivity index (χ3n) is 3.73. The molecule has 1 amide bonds. The van der Waals surface area contributed by atoms with Gasteiger partial charge in [0.2, 0.25) is 5.91 Å². The maximum absolute atomic E-state index is 11.8. The average molecular weight is 312 g/mol. The van der Waals surface area contributed by atoms with E-state index >= 15 is 0 Å². The molecular formula is C19H24N2O2. The number of hydrogen-bond donors (Lipinski definition) is 1. The van der Waals surface area contributed by atoms with Gasteiger partial charge in [-0.25, -0.2) is 0 Å². The molecule has 1 heterocycles. The van der Waals surface area contributed by atoms with E-state index in [9.17, 15) is 4.79 Å². The summed E-state index contributed by atoms with van der Waals surface area (Å²) >= 11 is 0. The molecule has 0 aliphatic carbocycles. The Morgan fingerprint density at radius 3 is 2.43 bits per heavy atom. The minimum atomic E-state index is -0.131. The summed E-state index contributed by atoms with van der Waals surface area (Å²) in [6, 6.07) is 12.0. The highest BCUT2D eigenvalue weighted by Gasteiger charge is 2.02. The highest BCUT2D eigenvalue weighted by molar-refractivity contribution is 5.91. The average Bonchev–Trinajstić information content (AvgIpc) is 3.10. The van der Waals surface area contributed by atoms with Crippen molar-refractivity contribution in [3.05, 3.63) is 65.6 Å². The zero-order chi connectivity index (χ0) is 16.5. The van der Waals surface area contributed by atoms with Gasteiger partial charge in [0.1, 0.15) is 5.76 Å². The monoisotopic (exact) mass is 312 g/mol. The highest BCUT2D eigenvalue weighted by Crippen LogP contribution is 2.08. The number of benzene rings is 1. The van der Waals surface area contributed by atoms with Crippen molar-refractivity contribution in [2.75, 3.05) is 13.1 Å². The maximum atomic E-state index is 11.8. The minimum absolute atomic E-state index is 0.131. The van der Waals surface area contributed by atoms with E-state index in [0.717, 1.165) is 25.2 Å². The second-order valence-electron chi connectivity index (χ2n) is 5.34. The van der Waals surface area contributed by atoms with Crippen LogP contribution in [0.5, 0.6) is 0 Å². The lowest BCUT2D eigenvalue weighted by atomic mass is 10.1. The van der Waals surface area contributed by atoms with Crippen molar-refractivity contribution in [3.63, 3.8) is 0 Å². The van der Waals surface area contributed by atoms with Gasteiger partial charge in [-0.15, -0.1) is 0 Å². The van der Waals surface area contributed by atoms with Crippen LogP contribution in [-0.4, -0.2) is 23.9 Å². The van der Waals surface area contributed by atoms with Crippen LogP contribution in [0.25, 0.3) is 6.08 Å². The molecule has 4 nitrogen and oxygen atoms in total. The fourth-order valence-electron chi connectivity index (χ4n) is 2.26. The van der Waals surface area contributed by atoms with E-state index in [1.54, 1.807) is 24.5 Å². The lowest BCUT2D eigenvalue weighted by molar-refractivity contribution is -0.116. The molecule has 0 atom stereocenters. The maximum Gasteiger partial charge on any atom is 0.244 e. The molecule has 122 valence electrons. The van der Waals surface area contributed by atoms with Gasteiger partial charge in [0, 0.05) is 19.2 Å². The molecule has 0 saturated heterocycles. The van der Waals surface area contributed by atoms with Crippen LogP contribution in [0.3, 0.4) is 0 Å². The van der Waals surface area contributed by atoms with Crippen molar-refractivity contribution < 1.29 is 9.21 Å². The number of hydrogen-bond acceptors (Lipinski definition) is 3. The van der Waals surface area contributed by atoms with Gasteiger partial charge in [0.15, 0.2) is 0 Å². The summed E-state index contributed by atoms with van der Waals surface area (Å²) in [4.78, 5) is 14.1. The topological polar surface area (TPSA) is 45.5 Å². The Kier molecular flexibility index (Phi) is 6.63. The Morgan fingerprint density at radius 1 is 1.13 bits per heavy atom. The first-order chi connectivity index (χ1) is 11.2. The van der Waals surface area contributed by atoms with Crippen LogP contribution in [0.15, 0.2) is 53.2 Å². The first-order valence-corrected chi connectivity index (χ1v) is 8.00. The van der Waals surface area contributed by atoms with Crippen molar-refractivity contribution in [1.29, 1.82) is 0 Å². The lowest BCUT2D eigenvalue weighted by Crippen LogP contribution is -2.22. The largest absolute Gasteiger partial charge is 0.465 e. The number of carbonyl (C=O) groups excluding carboxylic acids is 1. The normalized spacial score (nSPS) is 11.3. The Hall–Kier alpha value is -2.33. The minimum Gasteiger partial charge on any atom is -0.465 e. The fraction of sp³-hybridized carbons (Fsp3) is 0.316. The molecule has 2 rings (SSSR count). The first kappa shape index (κ1) is 17.0. The van der Waals surface area contributed by atoms with Gasteiger partial charge in [-0.2, -0.15) is 0 Å². The summed E-state index contributed by atoms with van der Waals surface area (Å²) in [7, 11) is 0. The Labute approximate surface area is 137 Å². The second-order valence-corrected chi connectivity index (χ2v) is 5.34. The predicted octanol–water partition coefficient (Wildman–Crippen LogP) is 3.45. The van der Waals surface area contributed by atoms with Crippen molar-refractivity contribution in [1.82, 2.24) is 10.2 Å². The van der Waals surface area contributed by atoms with Crippen LogP contribution < -0.4 is 5.32 Å². The molecular weight excluding hydrogens is 288 g/mol. The van der Waals surface area contributed by atoms with Crippen LogP contribution in [0.2, 0.25) is 0 Å². The second kappa shape index (κ2) is 8.96. The smallest absolute Gasteiger partial charge is 0.244 e. The van der Waals surface area contributed by atoms with Crippen LogP contribution in [0.4, 0.5) is 0 Å². The van der Waals surface area contributed by atoms with E-state index in [-0.39, 0.29) is 5.91 Å². The van der Waals surface area contributed by atoms with Crippen molar-refractivity contribution in [2.24, 2.45) is 0 Å². The van der Waals surface area contributed by atoms with Gasteiger partial charge >= 0.3 is 0 Å². The standard InChI is InChI=1S/C19H24N2O2/c1-3-21(4-2)15-17-9-7-16(8-10-17)14-20-19(22)12-11-18-6-5-13-23-18/h5-13H,3-4,14-15H2,1-2H3,(H,20,22)/b12-11+. The van der Waals surface area contributed by atoms with E-state index < -0.39 is 0 Å². The summed E-state index contributed by atoms with van der Waals surface area (Å²) in [5.41, 5.74) is 2.38. The molecule has 1 aromatic heterocycles. The molecule has 1 N–H and O–H groups in total. The van der Waals surface area contributed by atoms with E-state index in [4.69, 9.17) is 4.42 Å². The number of carbonyl (C=O) groups is 1. The molecule has 23 heavy (non-hydrogen) atoms. The summed E-state index contributed by atoms with van der Waals surface area (Å²) < 4.78 is 5.14. The van der Waals surface area contributed by atoms with Gasteiger partial charge in [0.05, 0.1) is 6.26 Å². The number of nitrogens with zero attached hydrogens (tertiary/aromatic N) is 1.